The molecule has 0 unspecified atom stereocenters. The summed E-state index contributed by atoms with van der Waals surface area (Å²) in [5.41, 5.74) is 1.84. The van der Waals surface area contributed by atoms with Crippen molar-refractivity contribution in [1.82, 2.24) is 5.48 Å². The maximum Gasteiger partial charge on any atom is 0.414 e. The van der Waals surface area contributed by atoms with Crippen LogP contribution in [0, 0.1) is 0 Å². The van der Waals surface area contributed by atoms with Crippen LogP contribution in [0.15, 0.2) is 18.2 Å². The van der Waals surface area contributed by atoms with E-state index in [0.29, 0.717) is 0 Å². The zero-order valence-electron chi connectivity index (χ0n) is 8.65. The van der Waals surface area contributed by atoms with Gasteiger partial charge in [0.15, 0.2) is 6.61 Å². The van der Waals surface area contributed by atoms with E-state index in [1.54, 1.807) is 5.48 Å². The predicted molar refractivity (Wildman–Crippen MR) is 60.6 cm³/mol. The van der Waals surface area contributed by atoms with Crippen LogP contribution in [0.5, 0.6) is 0 Å². The Morgan fingerprint density at radius 3 is 2.50 bits per heavy atom. The molecule has 0 saturated carbocycles. The minimum atomic E-state index is -4.52. The van der Waals surface area contributed by atoms with Crippen molar-refractivity contribution >= 4 is 34.9 Å². The zero-order chi connectivity index (χ0) is 13.8. The van der Waals surface area contributed by atoms with E-state index in [9.17, 15) is 18.0 Å². The van der Waals surface area contributed by atoms with Crippen LogP contribution in [0.25, 0.3) is 0 Å². The second-order valence-electron chi connectivity index (χ2n) is 3.09. The monoisotopic (exact) mass is 302 g/mol. The summed E-state index contributed by atoms with van der Waals surface area (Å²) in [6.45, 7) is -1.58. The third-order valence-electron chi connectivity index (χ3n) is 1.58. The Hall–Kier alpha value is -1.18. The summed E-state index contributed by atoms with van der Waals surface area (Å²) in [5, 5.41) is 2.70. The first-order chi connectivity index (χ1) is 8.28. The molecule has 0 aliphatic rings. The Morgan fingerprint density at radius 1 is 1.28 bits per heavy atom. The van der Waals surface area contributed by atoms with Gasteiger partial charge >= 0.3 is 12.2 Å². The highest BCUT2D eigenvalue weighted by molar-refractivity contribution is 6.42. The number of anilines is 1. The second-order valence-corrected chi connectivity index (χ2v) is 3.90. The van der Waals surface area contributed by atoms with Crippen LogP contribution < -0.4 is 10.8 Å². The van der Waals surface area contributed by atoms with E-state index >= 15 is 0 Å². The maximum atomic E-state index is 11.7. The van der Waals surface area contributed by atoms with Crippen LogP contribution in [0.1, 0.15) is 0 Å². The summed E-state index contributed by atoms with van der Waals surface area (Å²) < 4.78 is 35.1. The first-order valence-electron chi connectivity index (χ1n) is 4.48. The first-order valence-corrected chi connectivity index (χ1v) is 5.24. The summed E-state index contributed by atoms with van der Waals surface area (Å²) in [6, 6.07) is 3.23. The third kappa shape index (κ3) is 5.44. The molecule has 100 valence electrons. The number of hydroxylamine groups is 1. The van der Waals surface area contributed by atoms with Gasteiger partial charge in [-0.1, -0.05) is 23.2 Å². The number of urea groups is 1. The molecule has 0 aliphatic heterocycles. The van der Waals surface area contributed by atoms with Gasteiger partial charge in [0, 0.05) is 5.69 Å². The number of halogens is 5. The molecule has 0 atom stereocenters. The van der Waals surface area contributed by atoms with Crippen molar-refractivity contribution in [3.8, 4) is 0 Å². The smallest absolute Gasteiger partial charge is 0.306 e. The number of hydrogen-bond donors (Lipinski definition) is 2. The van der Waals surface area contributed by atoms with Gasteiger partial charge in [-0.2, -0.15) is 13.2 Å². The molecule has 0 radical (unpaired) electrons. The normalized spacial score (nSPS) is 11.2. The predicted octanol–water partition coefficient (Wildman–Crippen LogP) is 3.61. The minimum Gasteiger partial charge on any atom is -0.306 e. The lowest BCUT2D eigenvalue weighted by atomic mass is 10.3. The summed E-state index contributed by atoms with van der Waals surface area (Å²) in [4.78, 5) is 15.0. The van der Waals surface area contributed by atoms with Crippen molar-refractivity contribution in [1.29, 1.82) is 0 Å². The molecule has 1 rings (SSSR count). The molecule has 0 spiro atoms. The van der Waals surface area contributed by atoms with E-state index in [1.807, 2.05) is 0 Å². The molecule has 0 bridgehead atoms. The lowest BCUT2D eigenvalue weighted by Gasteiger charge is -2.09. The largest absolute Gasteiger partial charge is 0.414 e. The molecule has 18 heavy (non-hydrogen) atoms. The number of alkyl halides is 3. The summed E-state index contributed by atoms with van der Waals surface area (Å²) in [6.07, 6.45) is -4.52. The fourth-order valence-electron chi connectivity index (χ4n) is 0.914. The number of nitrogens with one attached hydrogen (secondary N) is 2. The van der Waals surface area contributed by atoms with Crippen LogP contribution in [-0.4, -0.2) is 18.8 Å². The van der Waals surface area contributed by atoms with E-state index in [4.69, 9.17) is 23.2 Å². The van der Waals surface area contributed by atoms with Gasteiger partial charge in [-0.05, 0) is 18.2 Å². The molecular formula is C9H7Cl2F3N2O2. The standard InChI is InChI=1S/C9H7Cl2F3N2O2/c10-6-2-1-5(3-7(6)11)15-8(17)16-18-4-9(12,13)14/h1-3H,4H2,(H2,15,16,17). The molecule has 0 heterocycles. The highest BCUT2D eigenvalue weighted by atomic mass is 35.5. The number of carbonyl (C=O) groups excluding carboxylic acids is 1. The van der Waals surface area contributed by atoms with Crippen LogP contribution in [-0.2, 0) is 4.84 Å². The van der Waals surface area contributed by atoms with E-state index in [0.717, 1.165) is 0 Å². The van der Waals surface area contributed by atoms with Crippen molar-refractivity contribution in [3.63, 3.8) is 0 Å². The molecule has 2 N–H and O–H groups in total. The number of hydrogen-bond acceptors (Lipinski definition) is 2. The first kappa shape index (κ1) is 14.9. The van der Waals surface area contributed by atoms with Gasteiger partial charge in [-0.3, -0.25) is 4.84 Å². The average Bonchev–Trinajstić information content (AvgIpc) is 2.21. The van der Waals surface area contributed by atoms with Gasteiger partial charge in [-0.15, -0.1) is 0 Å². The molecule has 4 nitrogen and oxygen atoms in total. The van der Waals surface area contributed by atoms with Crippen LogP contribution in [0.3, 0.4) is 0 Å². The molecule has 0 fully saturated rings. The van der Waals surface area contributed by atoms with Gasteiger partial charge in [0.2, 0.25) is 0 Å². The van der Waals surface area contributed by atoms with Crippen LogP contribution in [0.2, 0.25) is 10.0 Å². The van der Waals surface area contributed by atoms with Gasteiger partial charge in [0.1, 0.15) is 0 Å². The van der Waals surface area contributed by atoms with Crippen LogP contribution in [0.4, 0.5) is 23.7 Å². The molecule has 0 saturated heterocycles. The van der Waals surface area contributed by atoms with Crippen molar-refractivity contribution in [2.45, 2.75) is 6.18 Å². The quantitative estimate of drug-likeness (QED) is 0.838. The fourth-order valence-corrected chi connectivity index (χ4v) is 1.21. The average molecular weight is 303 g/mol. The van der Waals surface area contributed by atoms with Gasteiger partial charge in [0.05, 0.1) is 10.0 Å². The molecule has 2 amide bonds. The third-order valence-corrected chi connectivity index (χ3v) is 2.32. The Labute approximate surface area is 110 Å². The molecule has 0 aliphatic carbocycles. The number of amides is 2. The Morgan fingerprint density at radius 2 is 1.94 bits per heavy atom. The highest BCUT2D eigenvalue weighted by Crippen LogP contribution is 2.24. The topological polar surface area (TPSA) is 50.4 Å². The van der Waals surface area contributed by atoms with E-state index in [2.05, 4.69) is 10.2 Å². The van der Waals surface area contributed by atoms with E-state index in [-0.39, 0.29) is 15.7 Å². The minimum absolute atomic E-state index is 0.200. The lowest BCUT2D eigenvalue weighted by molar-refractivity contribution is -0.183. The maximum absolute atomic E-state index is 11.7. The Bertz CT molecular complexity index is 440. The second kappa shape index (κ2) is 6.12. The van der Waals surface area contributed by atoms with Crippen LogP contribution >= 0.6 is 23.2 Å². The highest BCUT2D eigenvalue weighted by Gasteiger charge is 2.28. The number of benzene rings is 1. The summed E-state index contributed by atoms with van der Waals surface area (Å²) >= 11 is 11.3. The molecule has 1 aromatic rings. The van der Waals surface area contributed by atoms with E-state index < -0.39 is 18.8 Å². The molecular weight excluding hydrogens is 296 g/mol. The summed E-state index contributed by atoms with van der Waals surface area (Å²) in [7, 11) is 0. The van der Waals surface area contributed by atoms with Gasteiger partial charge < -0.3 is 5.32 Å². The van der Waals surface area contributed by atoms with Gasteiger partial charge in [0.25, 0.3) is 0 Å². The van der Waals surface area contributed by atoms with E-state index in [1.165, 1.54) is 18.2 Å². The Balaban J connectivity index is 2.42. The van der Waals surface area contributed by atoms with Crippen molar-refractivity contribution in [2.24, 2.45) is 0 Å². The van der Waals surface area contributed by atoms with Crippen molar-refractivity contribution in [2.75, 3.05) is 11.9 Å². The number of rotatable bonds is 3. The molecule has 9 heteroatoms. The Kier molecular flexibility index (Phi) is 5.06. The SMILES string of the molecule is O=C(NOCC(F)(F)F)Nc1ccc(Cl)c(Cl)c1. The fraction of sp³-hybridized carbons (Fsp3) is 0.222. The van der Waals surface area contributed by atoms with Gasteiger partial charge in [-0.25, -0.2) is 10.3 Å². The van der Waals surface area contributed by atoms with Crippen molar-refractivity contribution < 1.29 is 22.8 Å². The molecule has 1 aromatic carbocycles. The summed E-state index contributed by atoms with van der Waals surface area (Å²) in [5.74, 6) is 0. The van der Waals surface area contributed by atoms with Crippen molar-refractivity contribution in [3.05, 3.63) is 28.2 Å². The number of carbonyl (C=O) groups is 1. The zero-order valence-corrected chi connectivity index (χ0v) is 10.2. The lowest BCUT2D eigenvalue weighted by Crippen LogP contribution is -2.32. The molecule has 0 aromatic heterocycles.